The van der Waals surface area contributed by atoms with Crippen LogP contribution in [0.1, 0.15) is 55.5 Å². The largest absolute Gasteiger partial charge is 0.356 e. The maximum Gasteiger partial charge on any atom is 0.279 e. The van der Waals surface area contributed by atoms with E-state index in [1.165, 1.54) is 11.1 Å². The summed E-state index contributed by atoms with van der Waals surface area (Å²) in [7, 11) is 3.92. The molecule has 0 spiro atoms. The van der Waals surface area contributed by atoms with E-state index in [-0.39, 0.29) is 11.0 Å². The van der Waals surface area contributed by atoms with Crippen molar-refractivity contribution in [3.63, 3.8) is 0 Å². The van der Waals surface area contributed by atoms with Crippen LogP contribution in [0.3, 0.4) is 0 Å². The second-order valence-electron chi connectivity index (χ2n) is 10.8. The first-order valence-electron chi connectivity index (χ1n) is 12.7. The molecule has 5 aromatic rings. The summed E-state index contributed by atoms with van der Waals surface area (Å²) in [4.78, 5) is 17.1. The van der Waals surface area contributed by atoms with Gasteiger partial charge in [0.05, 0.1) is 11.6 Å². The van der Waals surface area contributed by atoms with E-state index in [1.54, 1.807) is 11.0 Å². The van der Waals surface area contributed by atoms with Gasteiger partial charge in [0.25, 0.3) is 5.56 Å². The lowest BCUT2D eigenvalue weighted by Gasteiger charge is -2.46. The third-order valence-corrected chi connectivity index (χ3v) is 8.11. The number of pyridine rings is 1. The van der Waals surface area contributed by atoms with Gasteiger partial charge in [-0.2, -0.15) is 5.10 Å². The molecule has 0 amide bonds. The number of hydrogen-bond donors (Lipinski definition) is 1. The molecule has 0 aliphatic heterocycles. The smallest absolute Gasteiger partial charge is 0.279 e. The summed E-state index contributed by atoms with van der Waals surface area (Å²) in [6.07, 6.45) is 14.0. The van der Waals surface area contributed by atoms with E-state index in [0.29, 0.717) is 17.4 Å². The zero-order valence-corrected chi connectivity index (χ0v) is 20.8. The molecule has 2 aliphatic rings. The lowest BCUT2D eigenvalue weighted by molar-refractivity contribution is 0.185. The van der Waals surface area contributed by atoms with Crippen LogP contribution < -0.4 is 5.56 Å². The van der Waals surface area contributed by atoms with Gasteiger partial charge >= 0.3 is 0 Å². The molecular formula is C28H29N7O. The van der Waals surface area contributed by atoms with Gasteiger partial charge < -0.3 is 9.55 Å². The molecule has 0 saturated heterocycles. The van der Waals surface area contributed by atoms with Crippen molar-refractivity contribution < 1.29 is 0 Å². The first kappa shape index (κ1) is 21.4. The Morgan fingerprint density at radius 3 is 2.64 bits per heavy atom. The molecular weight excluding hydrogens is 450 g/mol. The molecule has 7 rings (SSSR count). The molecule has 0 atom stereocenters. The average Bonchev–Trinajstić information content (AvgIpc) is 3.21. The first-order valence-corrected chi connectivity index (χ1v) is 12.7. The molecule has 1 N–H and O–H groups in total. The zero-order chi connectivity index (χ0) is 24.6. The number of nitrogens with zero attached hydrogens (tertiary/aromatic N) is 6. The minimum absolute atomic E-state index is 0.0311. The molecule has 182 valence electrons. The molecule has 8 heteroatoms. The molecule has 4 heterocycles. The average molecular weight is 480 g/mol. The minimum Gasteiger partial charge on any atom is -0.356 e. The monoisotopic (exact) mass is 479 g/mol. The van der Waals surface area contributed by atoms with Crippen molar-refractivity contribution in [1.29, 1.82) is 0 Å². The fourth-order valence-electron chi connectivity index (χ4n) is 6.31. The van der Waals surface area contributed by atoms with E-state index in [0.717, 1.165) is 53.7 Å². The Balaban J connectivity index is 1.40. The standard InChI is InChI=1S/C28H29N7O/c1-17-10-28(11-17,27-32-30-16-33(27)2)20-5-4-6-21(9-20)35-15-23(18-7-8-18)24-22(13-29-25(24)26(35)36)19-12-31-34(3)14-19/h4-6,9,12-18,29H,7-8,10-11H2,1-3H3. The number of aromatic nitrogens is 7. The second-order valence-corrected chi connectivity index (χ2v) is 10.8. The highest BCUT2D eigenvalue weighted by atomic mass is 16.1. The first-order chi connectivity index (χ1) is 17.4. The maximum absolute atomic E-state index is 13.8. The van der Waals surface area contributed by atoms with Crippen molar-refractivity contribution in [2.75, 3.05) is 0 Å². The van der Waals surface area contributed by atoms with Crippen molar-refractivity contribution in [2.24, 2.45) is 20.0 Å². The quantitative estimate of drug-likeness (QED) is 0.404. The molecule has 2 fully saturated rings. The lowest BCUT2D eigenvalue weighted by Crippen LogP contribution is -2.43. The van der Waals surface area contributed by atoms with E-state index in [1.807, 2.05) is 47.9 Å². The molecule has 0 radical (unpaired) electrons. The van der Waals surface area contributed by atoms with Gasteiger partial charge in [0.15, 0.2) is 0 Å². The van der Waals surface area contributed by atoms with Gasteiger partial charge in [-0.25, -0.2) is 0 Å². The van der Waals surface area contributed by atoms with Gasteiger partial charge in [0.1, 0.15) is 17.7 Å². The fourth-order valence-corrected chi connectivity index (χ4v) is 6.31. The van der Waals surface area contributed by atoms with Crippen LogP contribution in [-0.2, 0) is 19.5 Å². The van der Waals surface area contributed by atoms with E-state index in [2.05, 4.69) is 51.6 Å². The highest BCUT2D eigenvalue weighted by molar-refractivity contribution is 5.98. The van der Waals surface area contributed by atoms with Crippen LogP contribution in [0.2, 0.25) is 0 Å². The predicted octanol–water partition coefficient (Wildman–Crippen LogP) is 4.44. The number of fused-ring (bicyclic) bond motifs is 1. The van der Waals surface area contributed by atoms with E-state index >= 15 is 0 Å². The van der Waals surface area contributed by atoms with Crippen LogP contribution in [0.25, 0.3) is 27.7 Å². The molecule has 0 bridgehead atoms. The van der Waals surface area contributed by atoms with E-state index in [9.17, 15) is 4.79 Å². The Hall–Kier alpha value is -3.94. The summed E-state index contributed by atoms with van der Waals surface area (Å²) >= 11 is 0. The molecule has 36 heavy (non-hydrogen) atoms. The molecule has 0 unspecified atom stereocenters. The van der Waals surface area contributed by atoms with Gasteiger partial charge in [-0.15, -0.1) is 10.2 Å². The van der Waals surface area contributed by atoms with Gasteiger partial charge in [0.2, 0.25) is 0 Å². The molecule has 2 saturated carbocycles. The van der Waals surface area contributed by atoms with Crippen molar-refractivity contribution in [3.8, 4) is 16.8 Å². The summed E-state index contributed by atoms with van der Waals surface area (Å²) in [6, 6.07) is 8.44. The summed E-state index contributed by atoms with van der Waals surface area (Å²) in [5, 5.41) is 14.0. The fraction of sp³-hybridized carbons (Fsp3) is 0.357. The Kier molecular flexibility index (Phi) is 4.46. The minimum atomic E-state index is -0.173. The van der Waals surface area contributed by atoms with Gasteiger partial charge in [-0.05, 0) is 60.8 Å². The number of nitrogens with one attached hydrogen (secondary N) is 1. The number of H-pyrrole nitrogens is 1. The summed E-state index contributed by atoms with van der Waals surface area (Å²) in [6.45, 7) is 2.28. The van der Waals surface area contributed by atoms with Crippen LogP contribution in [0, 0.1) is 5.92 Å². The van der Waals surface area contributed by atoms with Crippen molar-refractivity contribution in [1.82, 2.24) is 34.1 Å². The van der Waals surface area contributed by atoms with Crippen molar-refractivity contribution in [3.05, 3.63) is 82.7 Å². The zero-order valence-electron chi connectivity index (χ0n) is 20.8. The summed E-state index contributed by atoms with van der Waals surface area (Å²) in [5.41, 5.74) is 5.83. The van der Waals surface area contributed by atoms with E-state index < -0.39 is 0 Å². The maximum atomic E-state index is 13.8. The third-order valence-electron chi connectivity index (χ3n) is 8.11. The third kappa shape index (κ3) is 3.06. The molecule has 8 nitrogen and oxygen atoms in total. The highest BCUT2D eigenvalue weighted by Gasteiger charge is 2.48. The van der Waals surface area contributed by atoms with Crippen LogP contribution in [0.15, 0.2) is 60.2 Å². The van der Waals surface area contributed by atoms with Gasteiger partial charge in [-0.1, -0.05) is 19.1 Å². The van der Waals surface area contributed by atoms with E-state index in [4.69, 9.17) is 0 Å². The van der Waals surface area contributed by atoms with Crippen LogP contribution in [0.5, 0.6) is 0 Å². The van der Waals surface area contributed by atoms with Crippen molar-refractivity contribution in [2.45, 2.75) is 43.9 Å². The summed E-state index contributed by atoms with van der Waals surface area (Å²) in [5.74, 6) is 2.09. The number of aromatic amines is 1. The van der Waals surface area contributed by atoms with Crippen LogP contribution in [0.4, 0.5) is 0 Å². The SMILES string of the molecule is CC1CC(c2cccc(-n3cc(C4CC4)c4c(-c5cnn(C)c5)c[nH]c4c3=O)c2)(c2nncn2C)C1. The Morgan fingerprint density at radius 2 is 1.97 bits per heavy atom. The van der Waals surface area contributed by atoms with Crippen LogP contribution >= 0.6 is 0 Å². The number of benzene rings is 1. The number of hydrogen-bond acceptors (Lipinski definition) is 4. The number of rotatable bonds is 5. The van der Waals surface area contributed by atoms with Gasteiger partial charge in [-0.3, -0.25) is 14.0 Å². The normalized spacial score (nSPS) is 21.7. The molecule has 2 aliphatic carbocycles. The number of aryl methyl sites for hydroxylation is 2. The highest BCUT2D eigenvalue weighted by Crippen LogP contribution is 2.51. The van der Waals surface area contributed by atoms with Crippen molar-refractivity contribution >= 4 is 10.9 Å². The Morgan fingerprint density at radius 1 is 1.14 bits per heavy atom. The summed E-state index contributed by atoms with van der Waals surface area (Å²) < 4.78 is 5.66. The lowest BCUT2D eigenvalue weighted by atomic mass is 9.58. The second kappa shape index (κ2) is 7.53. The Labute approximate surface area is 208 Å². The molecule has 4 aromatic heterocycles. The van der Waals surface area contributed by atoms with Gasteiger partial charge in [0, 0.05) is 54.9 Å². The molecule has 1 aromatic carbocycles. The topological polar surface area (TPSA) is 86.3 Å². The predicted molar refractivity (Wildman–Crippen MR) is 138 cm³/mol. The van der Waals surface area contributed by atoms with Crippen LogP contribution in [-0.4, -0.2) is 34.1 Å². The Bertz CT molecular complexity index is 1670.